The van der Waals surface area contributed by atoms with E-state index < -0.39 is 0 Å². The molecule has 0 fully saturated rings. The molecule has 0 bridgehead atoms. The van der Waals surface area contributed by atoms with Gasteiger partial charge in [0.2, 0.25) is 0 Å². The summed E-state index contributed by atoms with van der Waals surface area (Å²) in [6.07, 6.45) is 0. The molecule has 1 N–H and O–H groups in total. The third-order valence-electron chi connectivity index (χ3n) is 3.11. The number of hydrogen-bond acceptors (Lipinski definition) is 4. The Morgan fingerprint density at radius 2 is 2.05 bits per heavy atom. The smallest absolute Gasteiger partial charge is 0.123 e. The molecule has 0 unspecified atom stereocenters. The van der Waals surface area contributed by atoms with E-state index in [1.807, 2.05) is 25.1 Å². The predicted octanol–water partition coefficient (Wildman–Crippen LogP) is 2.63. The zero-order chi connectivity index (χ0) is 13.2. The minimum Gasteiger partial charge on any atom is -0.330 e. The molecule has 98 valence electrons. The monoisotopic (exact) mass is 272 g/mol. The number of imidazole rings is 1. The molecule has 2 heterocycles. The van der Waals surface area contributed by atoms with Gasteiger partial charge < -0.3 is 9.88 Å². The maximum atomic E-state index is 4.63. The molecule has 2 aromatic heterocycles. The van der Waals surface area contributed by atoms with Crippen molar-refractivity contribution in [3.8, 4) is 0 Å². The second kappa shape index (κ2) is 5.11. The van der Waals surface area contributed by atoms with E-state index in [0.29, 0.717) is 0 Å². The fourth-order valence-corrected chi connectivity index (χ4v) is 2.86. The number of aryl methyl sites for hydroxylation is 2. The van der Waals surface area contributed by atoms with Gasteiger partial charge in [-0.15, -0.1) is 11.3 Å². The number of fused-ring (bicyclic) bond motifs is 1. The van der Waals surface area contributed by atoms with Crippen LogP contribution < -0.4 is 5.32 Å². The Kier molecular flexibility index (Phi) is 3.31. The van der Waals surface area contributed by atoms with Crippen LogP contribution >= 0.6 is 11.3 Å². The Bertz CT molecular complexity index is 698. The number of nitrogens with zero attached hydrogens (tertiary/aromatic N) is 3. The molecule has 4 nitrogen and oxygen atoms in total. The maximum Gasteiger partial charge on any atom is 0.123 e. The number of para-hydroxylation sites is 2. The van der Waals surface area contributed by atoms with Crippen molar-refractivity contribution in [2.75, 3.05) is 0 Å². The third kappa shape index (κ3) is 2.52. The van der Waals surface area contributed by atoms with Gasteiger partial charge in [0.05, 0.1) is 17.6 Å². The van der Waals surface area contributed by atoms with E-state index >= 15 is 0 Å². The normalized spacial score (nSPS) is 11.3. The first-order valence-corrected chi connectivity index (χ1v) is 7.14. The quantitative estimate of drug-likeness (QED) is 0.794. The van der Waals surface area contributed by atoms with Gasteiger partial charge in [-0.05, 0) is 19.1 Å². The van der Waals surface area contributed by atoms with Gasteiger partial charge in [-0.3, -0.25) is 0 Å². The minimum atomic E-state index is 0.754. The van der Waals surface area contributed by atoms with Crippen LogP contribution in [0.25, 0.3) is 11.0 Å². The van der Waals surface area contributed by atoms with E-state index in [2.05, 4.69) is 38.3 Å². The highest BCUT2D eigenvalue weighted by Gasteiger charge is 2.06. The molecule has 0 aliphatic carbocycles. The fraction of sp³-hybridized carbons (Fsp3) is 0.286. The van der Waals surface area contributed by atoms with Crippen molar-refractivity contribution < 1.29 is 0 Å². The van der Waals surface area contributed by atoms with Crippen molar-refractivity contribution in [3.63, 3.8) is 0 Å². The molecule has 0 aliphatic rings. The predicted molar refractivity (Wildman–Crippen MR) is 78.1 cm³/mol. The zero-order valence-corrected chi connectivity index (χ0v) is 11.9. The molecule has 19 heavy (non-hydrogen) atoms. The van der Waals surface area contributed by atoms with Crippen LogP contribution in [-0.2, 0) is 20.1 Å². The summed E-state index contributed by atoms with van der Waals surface area (Å²) in [5, 5.41) is 6.59. The molecular formula is C14H16N4S. The first kappa shape index (κ1) is 12.3. The van der Waals surface area contributed by atoms with Crippen molar-refractivity contribution in [1.82, 2.24) is 19.9 Å². The Hall–Kier alpha value is -1.72. The van der Waals surface area contributed by atoms with E-state index in [1.165, 1.54) is 5.52 Å². The molecule has 0 aliphatic heterocycles. The van der Waals surface area contributed by atoms with Crippen LogP contribution in [0.1, 0.15) is 16.5 Å². The van der Waals surface area contributed by atoms with E-state index in [-0.39, 0.29) is 0 Å². The molecule has 0 radical (unpaired) electrons. The van der Waals surface area contributed by atoms with E-state index in [0.717, 1.165) is 35.1 Å². The summed E-state index contributed by atoms with van der Waals surface area (Å²) < 4.78 is 2.13. The highest BCUT2D eigenvalue weighted by molar-refractivity contribution is 7.09. The molecule has 5 heteroatoms. The van der Waals surface area contributed by atoms with E-state index in [9.17, 15) is 0 Å². The summed E-state index contributed by atoms with van der Waals surface area (Å²) in [5.74, 6) is 1.05. The SMILES string of the molecule is Cc1csc(CNCc2nc3ccccc3n2C)n1. The Labute approximate surface area is 116 Å². The number of benzene rings is 1. The zero-order valence-electron chi connectivity index (χ0n) is 11.1. The third-order valence-corrected chi connectivity index (χ3v) is 4.07. The van der Waals surface area contributed by atoms with Crippen LogP contribution in [0.3, 0.4) is 0 Å². The Balaban J connectivity index is 1.70. The summed E-state index contributed by atoms with van der Waals surface area (Å²) in [6.45, 7) is 3.57. The summed E-state index contributed by atoms with van der Waals surface area (Å²) in [7, 11) is 2.06. The highest BCUT2D eigenvalue weighted by Crippen LogP contribution is 2.14. The Morgan fingerprint density at radius 1 is 1.21 bits per heavy atom. The average molecular weight is 272 g/mol. The Morgan fingerprint density at radius 3 is 2.79 bits per heavy atom. The van der Waals surface area contributed by atoms with Crippen molar-refractivity contribution >= 4 is 22.4 Å². The number of rotatable bonds is 4. The largest absolute Gasteiger partial charge is 0.330 e. The maximum absolute atomic E-state index is 4.63. The molecular weight excluding hydrogens is 256 g/mol. The van der Waals surface area contributed by atoms with E-state index in [1.54, 1.807) is 11.3 Å². The standard InChI is InChI=1S/C14H16N4S/c1-10-9-19-14(16-10)8-15-7-13-17-11-5-3-4-6-12(11)18(13)2/h3-6,9,15H,7-8H2,1-2H3. The summed E-state index contributed by atoms with van der Waals surface area (Å²) in [6, 6.07) is 8.20. The van der Waals surface area contributed by atoms with Gasteiger partial charge in [0.15, 0.2) is 0 Å². The molecule has 3 aromatic rings. The van der Waals surface area contributed by atoms with Crippen LogP contribution in [0.4, 0.5) is 0 Å². The van der Waals surface area contributed by atoms with Crippen molar-refractivity contribution in [1.29, 1.82) is 0 Å². The molecule has 0 spiro atoms. The second-order valence-electron chi connectivity index (χ2n) is 4.56. The molecule has 0 saturated heterocycles. The van der Waals surface area contributed by atoms with Crippen LogP contribution in [-0.4, -0.2) is 14.5 Å². The molecule has 0 saturated carbocycles. The van der Waals surface area contributed by atoms with Gasteiger partial charge in [0.1, 0.15) is 10.8 Å². The number of hydrogen-bond donors (Lipinski definition) is 1. The van der Waals surface area contributed by atoms with Crippen LogP contribution in [0.2, 0.25) is 0 Å². The lowest BCUT2D eigenvalue weighted by Crippen LogP contribution is -2.15. The fourth-order valence-electron chi connectivity index (χ4n) is 2.12. The molecule has 0 amide bonds. The number of thiazole rings is 1. The van der Waals surface area contributed by atoms with Gasteiger partial charge in [0.25, 0.3) is 0 Å². The van der Waals surface area contributed by atoms with Gasteiger partial charge in [0, 0.05) is 24.7 Å². The minimum absolute atomic E-state index is 0.754. The van der Waals surface area contributed by atoms with Crippen molar-refractivity contribution in [2.45, 2.75) is 20.0 Å². The average Bonchev–Trinajstić information content (AvgIpc) is 2.96. The second-order valence-corrected chi connectivity index (χ2v) is 5.50. The van der Waals surface area contributed by atoms with Gasteiger partial charge in [-0.1, -0.05) is 12.1 Å². The summed E-state index contributed by atoms with van der Waals surface area (Å²) in [5.41, 5.74) is 3.31. The molecule has 1 aromatic carbocycles. The van der Waals surface area contributed by atoms with Crippen molar-refractivity contribution in [3.05, 3.63) is 46.2 Å². The summed E-state index contributed by atoms with van der Waals surface area (Å²) in [4.78, 5) is 9.07. The number of aromatic nitrogens is 3. The van der Waals surface area contributed by atoms with Crippen molar-refractivity contribution in [2.24, 2.45) is 7.05 Å². The van der Waals surface area contributed by atoms with Crippen LogP contribution in [0.15, 0.2) is 29.6 Å². The lowest BCUT2D eigenvalue weighted by molar-refractivity contribution is 0.641. The molecule has 0 atom stereocenters. The first-order chi connectivity index (χ1) is 9.24. The lowest BCUT2D eigenvalue weighted by Gasteiger charge is -2.03. The lowest BCUT2D eigenvalue weighted by atomic mass is 10.3. The first-order valence-electron chi connectivity index (χ1n) is 6.26. The van der Waals surface area contributed by atoms with E-state index in [4.69, 9.17) is 0 Å². The van der Waals surface area contributed by atoms with Gasteiger partial charge >= 0.3 is 0 Å². The van der Waals surface area contributed by atoms with Gasteiger partial charge in [-0.25, -0.2) is 9.97 Å². The number of nitrogens with one attached hydrogen (secondary N) is 1. The van der Waals surface area contributed by atoms with Crippen LogP contribution in [0.5, 0.6) is 0 Å². The van der Waals surface area contributed by atoms with Crippen LogP contribution in [0, 0.1) is 6.92 Å². The topological polar surface area (TPSA) is 42.7 Å². The molecule has 3 rings (SSSR count). The highest BCUT2D eigenvalue weighted by atomic mass is 32.1. The summed E-state index contributed by atoms with van der Waals surface area (Å²) >= 11 is 1.69. The van der Waals surface area contributed by atoms with Gasteiger partial charge in [-0.2, -0.15) is 0 Å².